The Morgan fingerprint density at radius 1 is 0.682 bits per heavy atom. The second-order valence-corrected chi connectivity index (χ2v) is 4.72. The van der Waals surface area contributed by atoms with Gasteiger partial charge in [0.1, 0.15) is 0 Å². The minimum atomic E-state index is -4.50. The first-order valence-electron chi connectivity index (χ1n) is 6.19. The molecule has 0 unspecified atom stereocenters. The Kier molecular flexibility index (Phi) is 4.19. The Labute approximate surface area is 122 Å². The van der Waals surface area contributed by atoms with Crippen LogP contribution < -0.4 is 5.73 Å². The highest BCUT2D eigenvalue weighted by Crippen LogP contribution is 2.33. The van der Waals surface area contributed by atoms with E-state index in [0.29, 0.717) is 5.56 Å². The van der Waals surface area contributed by atoms with Gasteiger partial charge in [-0.05, 0) is 35.4 Å². The normalized spacial score (nSPS) is 14.0. The molecule has 0 amide bonds. The van der Waals surface area contributed by atoms with Crippen molar-refractivity contribution >= 4 is 0 Å². The maximum atomic E-state index is 12.7. The Bertz CT molecular complexity index is 642. The van der Waals surface area contributed by atoms with Crippen LogP contribution in [0, 0.1) is 0 Å². The van der Waals surface area contributed by atoms with Crippen molar-refractivity contribution in [3.05, 3.63) is 70.8 Å². The quantitative estimate of drug-likeness (QED) is 0.793. The lowest BCUT2D eigenvalue weighted by atomic mass is 9.97. The largest absolute Gasteiger partial charge is 0.416 e. The fraction of sp³-hybridized carbons (Fsp3) is 0.200. The van der Waals surface area contributed by atoms with Crippen LogP contribution >= 0.6 is 0 Å². The van der Waals surface area contributed by atoms with Gasteiger partial charge in [-0.15, -0.1) is 0 Å². The molecule has 7 heteroatoms. The first kappa shape index (κ1) is 16.4. The van der Waals surface area contributed by atoms with Crippen molar-refractivity contribution in [2.75, 3.05) is 0 Å². The van der Waals surface area contributed by atoms with Crippen molar-refractivity contribution in [3.63, 3.8) is 0 Å². The van der Waals surface area contributed by atoms with Crippen molar-refractivity contribution in [2.45, 2.75) is 18.4 Å². The number of hydrogen-bond donors (Lipinski definition) is 1. The molecule has 1 atom stereocenters. The molecule has 0 aliphatic heterocycles. The first-order valence-corrected chi connectivity index (χ1v) is 6.19. The molecule has 0 saturated heterocycles. The lowest BCUT2D eigenvalue weighted by molar-refractivity contribution is -0.138. The molecule has 2 N–H and O–H groups in total. The zero-order chi connectivity index (χ0) is 16.5. The van der Waals surface area contributed by atoms with Gasteiger partial charge in [0.25, 0.3) is 0 Å². The SMILES string of the molecule is N[C@@H](c1ccc(C(F)(F)F)cc1)c1cccc(C(F)(F)F)c1. The number of rotatable bonds is 2. The highest BCUT2D eigenvalue weighted by Gasteiger charge is 2.31. The Hall–Kier alpha value is -2.02. The molecular formula is C15H11F6N. The van der Waals surface area contributed by atoms with Crippen molar-refractivity contribution < 1.29 is 26.3 Å². The van der Waals surface area contributed by atoms with E-state index in [9.17, 15) is 26.3 Å². The zero-order valence-electron chi connectivity index (χ0n) is 11.0. The summed E-state index contributed by atoms with van der Waals surface area (Å²) < 4.78 is 75.4. The van der Waals surface area contributed by atoms with Gasteiger partial charge < -0.3 is 5.73 Å². The fourth-order valence-corrected chi connectivity index (χ4v) is 1.98. The van der Waals surface area contributed by atoms with Crippen LogP contribution in [0.3, 0.4) is 0 Å². The molecule has 0 aliphatic rings. The molecule has 0 saturated carbocycles. The molecule has 0 radical (unpaired) electrons. The third-order valence-electron chi connectivity index (χ3n) is 3.17. The minimum absolute atomic E-state index is 0.176. The summed E-state index contributed by atoms with van der Waals surface area (Å²) in [5.74, 6) is 0. The Morgan fingerprint density at radius 2 is 1.23 bits per heavy atom. The predicted molar refractivity (Wildman–Crippen MR) is 68.9 cm³/mol. The number of nitrogens with two attached hydrogens (primary N) is 1. The monoisotopic (exact) mass is 319 g/mol. The van der Waals surface area contributed by atoms with E-state index in [1.165, 1.54) is 12.1 Å². The predicted octanol–water partition coefficient (Wildman–Crippen LogP) is 4.77. The van der Waals surface area contributed by atoms with Crippen LogP contribution in [0.5, 0.6) is 0 Å². The van der Waals surface area contributed by atoms with Gasteiger partial charge in [0.05, 0.1) is 17.2 Å². The maximum absolute atomic E-state index is 12.7. The summed E-state index contributed by atoms with van der Waals surface area (Å²) in [5.41, 5.74) is 4.62. The Morgan fingerprint density at radius 3 is 1.73 bits per heavy atom. The second kappa shape index (κ2) is 5.64. The second-order valence-electron chi connectivity index (χ2n) is 4.72. The molecule has 0 aromatic heterocycles. The summed E-state index contributed by atoms with van der Waals surface area (Å²) in [5, 5.41) is 0. The molecule has 0 bridgehead atoms. The summed E-state index contributed by atoms with van der Waals surface area (Å²) in [6, 6.07) is 7.49. The van der Waals surface area contributed by atoms with E-state index >= 15 is 0 Å². The number of benzene rings is 2. The van der Waals surface area contributed by atoms with E-state index in [0.717, 1.165) is 36.4 Å². The highest BCUT2D eigenvalue weighted by molar-refractivity contribution is 5.36. The van der Waals surface area contributed by atoms with Gasteiger partial charge in [-0.3, -0.25) is 0 Å². The van der Waals surface area contributed by atoms with Gasteiger partial charge in [0.15, 0.2) is 0 Å². The minimum Gasteiger partial charge on any atom is -0.320 e. The number of alkyl halides is 6. The summed E-state index contributed by atoms with van der Waals surface area (Å²) >= 11 is 0. The molecule has 2 aromatic carbocycles. The summed E-state index contributed by atoms with van der Waals surface area (Å²) in [6.45, 7) is 0. The smallest absolute Gasteiger partial charge is 0.320 e. The molecule has 0 spiro atoms. The van der Waals surface area contributed by atoms with Crippen LogP contribution in [-0.2, 0) is 12.4 Å². The van der Waals surface area contributed by atoms with Gasteiger partial charge >= 0.3 is 12.4 Å². The van der Waals surface area contributed by atoms with Crippen molar-refractivity contribution in [1.29, 1.82) is 0 Å². The summed E-state index contributed by atoms with van der Waals surface area (Å²) in [6.07, 6.45) is -8.98. The molecule has 2 rings (SSSR count). The van der Waals surface area contributed by atoms with Crippen molar-refractivity contribution in [1.82, 2.24) is 0 Å². The fourth-order valence-electron chi connectivity index (χ4n) is 1.98. The first-order chi connectivity index (χ1) is 10.1. The number of halogens is 6. The third kappa shape index (κ3) is 3.59. The van der Waals surface area contributed by atoms with E-state index < -0.39 is 29.5 Å². The topological polar surface area (TPSA) is 26.0 Å². The van der Waals surface area contributed by atoms with E-state index in [-0.39, 0.29) is 5.56 Å². The van der Waals surface area contributed by atoms with Crippen LogP contribution in [0.1, 0.15) is 28.3 Å². The molecular weight excluding hydrogens is 308 g/mol. The average Bonchev–Trinajstić information content (AvgIpc) is 2.45. The molecule has 118 valence electrons. The number of hydrogen-bond acceptors (Lipinski definition) is 1. The summed E-state index contributed by atoms with van der Waals surface area (Å²) in [4.78, 5) is 0. The van der Waals surface area contributed by atoms with Gasteiger partial charge in [0, 0.05) is 0 Å². The van der Waals surface area contributed by atoms with Gasteiger partial charge in [0.2, 0.25) is 0 Å². The van der Waals surface area contributed by atoms with E-state index in [1.54, 1.807) is 0 Å². The van der Waals surface area contributed by atoms with E-state index in [2.05, 4.69) is 0 Å². The third-order valence-corrected chi connectivity index (χ3v) is 3.17. The van der Waals surface area contributed by atoms with Crippen LogP contribution in [0.4, 0.5) is 26.3 Å². The molecule has 0 fully saturated rings. The lowest BCUT2D eigenvalue weighted by Crippen LogP contribution is -2.14. The highest BCUT2D eigenvalue weighted by atomic mass is 19.4. The van der Waals surface area contributed by atoms with Gasteiger partial charge in [-0.2, -0.15) is 26.3 Å². The lowest BCUT2D eigenvalue weighted by Gasteiger charge is -2.16. The zero-order valence-corrected chi connectivity index (χ0v) is 11.0. The van der Waals surface area contributed by atoms with Crippen LogP contribution in [0.2, 0.25) is 0 Å². The molecule has 0 aliphatic carbocycles. The molecule has 0 heterocycles. The average molecular weight is 319 g/mol. The molecule has 2 aromatic rings. The van der Waals surface area contributed by atoms with E-state index in [1.807, 2.05) is 0 Å². The van der Waals surface area contributed by atoms with Gasteiger partial charge in [-0.25, -0.2) is 0 Å². The molecule has 1 nitrogen and oxygen atoms in total. The molecule has 22 heavy (non-hydrogen) atoms. The van der Waals surface area contributed by atoms with Crippen molar-refractivity contribution in [3.8, 4) is 0 Å². The van der Waals surface area contributed by atoms with Crippen LogP contribution in [-0.4, -0.2) is 0 Å². The van der Waals surface area contributed by atoms with E-state index in [4.69, 9.17) is 5.73 Å². The van der Waals surface area contributed by atoms with Crippen LogP contribution in [0.25, 0.3) is 0 Å². The summed E-state index contributed by atoms with van der Waals surface area (Å²) in [7, 11) is 0. The standard InChI is InChI=1S/C15H11F6N/c16-14(17,18)11-6-4-9(5-7-11)13(22)10-2-1-3-12(8-10)15(19,20)21/h1-8,13H,22H2/t13-/m0/s1. The van der Waals surface area contributed by atoms with Crippen LogP contribution in [0.15, 0.2) is 48.5 Å². The Balaban J connectivity index is 2.30. The van der Waals surface area contributed by atoms with Gasteiger partial charge in [-0.1, -0.05) is 24.3 Å². The maximum Gasteiger partial charge on any atom is 0.416 e. The van der Waals surface area contributed by atoms with Crippen molar-refractivity contribution in [2.24, 2.45) is 5.73 Å².